The van der Waals surface area contributed by atoms with Gasteiger partial charge in [-0.1, -0.05) is 36.1 Å². The monoisotopic (exact) mass is 350 g/mol. The van der Waals surface area contributed by atoms with Crippen LogP contribution in [0.25, 0.3) is 0 Å². The number of rotatable bonds is 6. The van der Waals surface area contributed by atoms with Crippen LogP contribution in [0.3, 0.4) is 0 Å². The highest BCUT2D eigenvalue weighted by atomic mass is 33.1. The topological polar surface area (TPSA) is 42.0 Å². The van der Waals surface area contributed by atoms with E-state index in [-0.39, 0.29) is 5.91 Å². The van der Waals surface area contributed by atoms with E-state index in [0.29, 0.717) is 12.5 Å². The Kier molecular flexibility index (Phi) is 6.69. The number of pyridine rings is 1. The quantitative estimate of drug-likeness (QED) is 0.597. The molecule has 2 aliphatic rings. The molecule has 0 spiro atoms. The maximum absolute atomic E-state index is 12.1. The second kappa shape index (κ2) is 8.97. The first-order valence-corrected chi connectivity index (χ1v) is 11.1. The van der Waals surface area contributed by atoms with Crippen molar-refractivity contribution in [1.82, 2.24) is 10.3 Å². The Bertz CT molecular complexity index is 497. The molecule has 0 aliphatic heterocycles. The Morgan fingerprint density at radius 3 is 2.91 bits per heavy atom. The van der Waals surface area contributed by atoms with Gasteiger partial charge in [0.05, 0.1) is 0 Å². The number of hydrogen-bond donors (Lipinski definition) is 1. The van der Waals surface area contributed by atoms with E-state index in [0.717, 1.165) is 22.6 Å². The van der Waals surface area contributed by atoms with Crippen molar-refractivity contribution < 1.29 is 4.79 Å². The molecular formula is C18H26N2OS2. The number of amides is 1. The zero-order valence-electron chi connectivity index (χ0n) is 13.6. The molecule has 2 saturated carbocycles. The van der Waals surface area contributed by atoms with E-state index in [9.17, 15) is 4.79 Å². The van der Waals surface area contributed by atoms with Crippen LogP contribution in [-0.2, 0) is 4.79 Å². The van der Waals surface area contributed by atoms with Crippen LogP contribution in [-0.4, -0.2) is 22.7 Å². The van der Waals surface area contributed by atoms with Crippen LogP contribution in [0.2, 0.25) is 0 Å². The number of aromatic nitrogens is 1. The summed E-state index contributed by atoms with van der Waals surface area (Å²) >= 11 is 0. The molecule has 1 amide bonds. The lowest BCUT2D eigenvalue weighted by atomic mass is 10.0. The van der Waals surface area contributed by atoms with Crippen molar-refractivity contribution in [3.63, 3.8) is 0 Å². The van der Waals surface area contributed by atoms with Crippen molar-refractivity contribution in [2.24, 2.45) is 11.8 Å². The van der Waals surface area contributed by atoms with Crippen LogP contribution in [0, 0.1) is 11.8 Å². The third-order valence-electron chi connectivity index (χ3n) is 4.89. The average Bonchev–Trinajstić information content (AvgIpc) is 3.31. The normalized spacial score (nSPS) is 27.2. The second-order valence-corrected chi connectivity index (χ2v) is 9.14. The Balaban J connectivity index is 1.31. The highest BCUT2D eigenvalue weighted by Gasteiger charge is 2.36. The van der Waals surface area contributed by atoms with Crippen LogP contribution in [0.4, 0.5) is 0 Å². The summed E-state index contributed by atoms with van der Waals surface area (Å²) in [5, 5.41) is 4.28. The number of carbonyl (C=O) groups excluding carboxylic acids is 1. The molecule has 3 unspecified atom stereocenters. The van der Waals surface area contributed by atoms with Gasteiger partial charge in [-0.25, -0.2) is 4.98 Å². The van der Waals surface area contributed by atoms with Gasteiger partial charge in [0.15, 0.2) is 0 Å². The maximum atomic E-state index is 12.1. The SMILES string of the molecule is O=C(CCSSc1ccccn1)NC1CCCCC2CC2CC1. The molecule has 1 aromatic rings. The van der Waals surface area contributed by atoms with Gasteiger partial charge in [-0.3, -0.25) is 4.79 Å². The van der Waals surface area contributed by atoms with Gasteiger partial charge in [0.1, 0.15) is 5.03 Å². The molecule has 3 atom stereocenters. The lowest BCUT2D eigenvalue weighted by Crippen LogP contribution is -2.35. The molecule has 2 aliphatic carbocycles. The summed E-state index contributed by atoms with van der Waals surface area (Å²) in [6.07, 6.45) is 11.6. The fourth-order valence-corrected chi connectivity index (χ4v) is 5.32. The first-order chi connectivity index (χ1) is 11.3. The van der Waals surface area contributed by atoms with Crippen LogP contribution in [0.15, 0.2) is 29.4 Å². The minimum Gasteiger partial charge on any atom is -0.353 e. The second-order valence-electron chi connectivity index (χ2n) is 6.71. The van der Waals surface area contributed by atoms with Gasteiger partial charge >= 0.3 is 0 Å². The highest BCUT2D eigenvalue weighted by Crippen LogP contribution is 2.46. The van der Waals surface area contributed by atoms with Crippen molar-refractivity contribution >= 4 is 27.5 Å². The molecule has 0 bridgehead atoms. The zero-order chi connectivity index (χ0) is 15.9. The molecule has 1 N–H and O–H groups in total. The van der Waals surface area contributed by atoms with E-state index < -0.39 is 0 Å². The van der Waals surface area contributed by atoms with Gasteiger partial charge in [-0.05, 0) is 60.4 Å². The van der Waals surface area contributed by atoms with Crippen molar-refractivity contribution in [1.29, 1.82) is 0 Å². The molecule has 126 valence electrons. The van der Waals surface area contributed by atoms with Gasteiger partial charge in [0.25, 0.3) is 0 Å². The predicted octanol–water partition coefficient (Wildman–Crippen LogP) is 4.69. The standard InChI is InChI=1S/C18H26N2OS2/c21-17(10-12-22-23-18-7-3-4-11-19-18)20-16-6-2-1-5-14-13-15(14)8-9-16/h3-4,7,11,14-16H,1-2,5-6,8-10,12-13H2,(H,20,21). The molecule has 0 aromatic carbocycles. The van der Waals surface area contributed by atoms with Crippen LogP contribution >= 0.6 is 21.6 Å². The van der Waals surface area contributed by atoms with Crippen molar-refractivity contribution in [3.05, 3.63) is 24.4 Å². The lowest BCUT2D eigenvalue weighted by Gasteiger charge is -2.18. The van der Waals surface area contributed by atoms with Crippen molar-refractivity contribution in [2.45, 2.75) is 62.4 Å². The number of hydrogen-bond acceptors (Lipinski definition) is 4. The summed E-state index contributed by atoms with van der Waals surface area (Å²) in [4.78, 5) is 16.4. The van der Waals surface area contributed by atoms with E-state index in [1.165, 1.54) is 44.9 Å². The summed E-state index contributed by atoms with van der Waals surface area (Å²) in [7, 11) is 3.36. The van der Waals surface area contributed by atoms with Gasteiger partial charge in [0, 0.05) is 24.4 Å². The first-order valence-electron chi connectivity index (χ1n) is 8.81. The molecule has 3 nitrogen and oxygen atoms in total. The molecule has 23 heavy (non-hydrogen) atoms. The van der Waals surface area contributed by atoms with Gasteiger partial charge in [-0.15, -0.1) is 0 Å². The highest BCUT2D eigenvalue weighted by molar-refractivity contribution is 8.76. The minimum absolute atomic E-state index is 0.218. The average molecular weight is 351 g/mol. The third-order valence-corrected chi connectivity index (χ3v) is 7.16. The molecular weight excluding hydrogens is 324 g/mol. The smallest absolute Gasteiger partial charge is 0.221 e. The molecule has 3 rings (SSSR count). The van der Waals surface area contributed by atoms with Crippen LogP contribution < -0.4 is 5.32 Å². The molecule has 0 saturated heterocycles. The summed E-state index contributed by atoms with van der Waals surface area (Å²) in [6.45, 7) is 0. The number of nitrogens with one attached hydrogen (secondary N) is 1. The van der Waals surface area contributed by atoms with Crippen LogP contribution in [0.5, 0.6) is 0 Å². The van der Waals surface area contributed by atoms with E-state index >= 15 is 0 Å². The summed E-state index contributed by atoms with van der Waals surface area (Å²) in [6, 6.07) is 6.32. The molecule has 1 aromatic heterocycles. The Labute approximate surface area is 147 Å². The van der Waals surface area contributed by atoms with E-state index in [1.807, 2.05) is 18.2 Å². The predicted molar refractivity (Wildman–Crippen MR) is 98.4 cm³/mol. The minimum atomic E-state index is 0.218. The van der Waals surface area contributed by atoms with Gasteiger partial charge in [-0.2, -0.15) is 0 Å². The maximum Gasteiger partial charge on any atom is 0.221 e. The summed E-state index contributed by atoms with van der Waals surface area (Å²) in [5.74, 6) is 3.04. The van der Waals surface area contributed by atoms with Crippen molar-refractivity contribution in [3.8, 4) is 0 Å². The Morgan fingerprint density at radius 2 is 2.04 bits per heavy atom. The zero-order valence-corrected chi connectivity index (χ0v) is 15.2. The van der Waals surface area contributed by atoms with E-state index in [2.05, 4.69) is 10.3 Å². The van der Waals surface area contributed by atoms with E-state index in [4.69, 9.17) is 0 Å². The van der Waals surface area contributed by atoms with Gasteiger partial charge in [0.2, 0.25) is 5.91 Å². The lowest BCUT2D eigenvalue weighted by molar-refractivity contribution is -0.121. The molecule has 2 fully saturated rings. The first kappa shape index (κ1) is 17.2. The number of carbonyl (C=O) groups is 1. The summed E-state index contributed by atoms with van der Waals surface area (Å²) in [5.41, 5.74) is 0. The summed E-state index contributed by atoms with van der Waals surface area (Å²) < 4.78 is 0. The number of fused-ring (bicyclic) bond motifs is 1. The Morgan fingerprint density at radius 1 is 1.17 bits per heavy atom. The van der Waals surface area contributed by atoms with Gasteiger partial charge < -0.3 is 5.32 Å². The van der Waals surface area contributed by atoms with E-state index in [1.54, 1.807) is 27.8 Å². The Hall–Kier alpha value is -0.680. The van der Waals surface area contributed by atoms with Crippen LogP contribution in [0.1, 0.15) is 51.4 Å². The van der Waals surface area contributed by atoms with Crippen molar-refractivity contribution in [2.75, 3.05) is 5.75 Å². The fourth-order valence-electron chi connectivity index (χ4n) is 3.45. The fraction of sp³-hybridized carbons (Fsp3) is 0.667. The molecule has 0 radical (unpaired) electrons. The molecule has 5 heteroatoms. The molecule has 1 heterocycles. The largest absolute Gasteiger partial charge is 0.353 e. The third kappa shape index (κ3) is 6.03. The number of nitrogens with zero attached hydrogens (tertiary/aromatic N) is 1.